The fourth-order valence-electron chi connectivity index (χ4n) is 5.94. The normalized spacial score (nSPS) is 11.4. The molecule has 16 heteroatoms. The van der Waals surface area contributed by atoms with Crippen molar-refractivity contribution >= 4 is 34.4 Å². The average Bonchev–Trinajstić information content (AvgIpc) is 3.25. The number of carbonyl (C=O) groups excluding carboxylic acids is 3. The van der Waals surface area contributed by atoms with Gasteiger partial charge in [-0.1, -0.05) is 59.7 Å². The molecule has 4 aromatic rings. The van der Waals surface area contributed by atoms with Crippen LogP contribution in [0.25, 0.3) is 32.3 Å². The van der Waals surface area contributed by atoms with Gasteiger partial charge in [-0.3, -0.25) is 14.4 Å². The van der Waals surface area contributed by atoms with Gasteiger partial charge in [-0.25, -0.2) is 4.98 Å². The maximum absolute atomic E-state index is 12.9. The topological polar surface area (TPSA) is 204 Å². The van der Waals surface area contributed by atoms with E-state index in [-0.39, 0.29) is 25.3 Å². The number of pyridine rings is 1. The first-order valence-electron chi connectivity index (χ1n) is 19.7. The summed E-state index contributed by atoms with van der Waals surface area (Å²) < 4.78 is 32.9. The van der Waals surface area contributed by atoms with Crippen LogP contribution in [-0.4, -0.2) is 109 Å². The molecule has 0 unspecified atom stereocenters. The zero-order chi connectivity index (χ0) is 41.9. The molecular formula is C43H55N7O9. The highest BCUT2D eigenvalue weighted by Gasteiger charge is 2.20. The molecule has 16 nitrogen and oxygen atoms in total. The fourth-order valence-corrected chi connectivity index (χ4v) is 5.94. The number of hydrogen-bond acceptors (Lipinski definition) is 12. The molecule has 59 heavy (non-hydrogen) atoms. The molecule has 1 atom stereocenters. The van der Waals surface area contributed by atoms with Gasteiger partial charge in [0.05, 0.1) is 79.0 Å². The SMILES string of the molecule is COC(=O)C[C@H](NC(=O)CNC(=O)CCCCNc1cc(C)ccn1)c1ccc(-c2ccc(OCCOCCOCCOCCOCCN=[N+]=[N-])c3ccccc23)cc1. The van der Waals surface area contributed by atoms with Crippen LogP contribution in [0.15, 0.2) is 84.1 Å². The summed E-state index contributed by atoms with van der Waals surface area (Å²) in [6.07, 6.45) is 3.39. The predicted molar refractivity (Wildman–Crippen MR) is 224 cm³/mol. The third kappa shape index (κ3) is 17.3. The second kappa shape index (κ2) is 27.0. The number of nitrogens with one attached hydrogen (secondary N) is 3. The van der Waals surface area contributed by atoms with Crippen molar-refractivity contribution < 1.29 is 42.8 Å². The Kier molecular flexibility index (Phi) is 21.0. The van der Waals surface area contributed by atoms with Gasteiger partial charge < -0.3 is 44.4 Å². The quantitative estimate of drug-likeness (QED) is 0.0188. The first-order valence-corrected chi connectivity index (χ1v) is 19.7. The molecule has 0 bridgehead atoms. The minimum atomic E-state index is -0.656. The highest BCUT2D eigenvalue weighted by Crippen LogP contribution is 2.35. The lowest BCUT2D eigenvalue weighted by Crippen LogP contribution is -2.39. The molecule has 0 spiro atoms. The number of aromatic nitrogens is 1. The van der Waals surface area contributed by atoms with Gasteiger partial charge in [-0.15, -0.1) is 0 Å². The van der Waals surface area contributed by atoms with Crippen LogP contribution in [-0.2, 0) is 38.1 Å². The molecule has 3 N–H and O–H groups in total. The molecule has 0 fully saturated rings. The van der Waals surface area contributed by atoms with Crippen LogP contribution in [0.5, 0.6) is 5.75 Å². The van der Waals surface area contributed by atoms with E-state index in [1.165, 1.54) is 7.11 Å². The van der Waals surface area contributed by atoms with Crippen LogP contribution in [0.2, 0.25) is 0 Å². The molecular weight excluding hydrogens is 759 g/mol. The van der Waals surface area contributed by atoms with E-state index in [4.69, 9.17) is 34.0 Å². The van der Waals surface area contributed by atoms with E-state index in [9.17, 15) is 14.4 Å². The number of fused-ring (bicyclic) bond motifs is 1. The van der Waals surface area contributed by atoms with Crippen LogP contribution >= 0.6 is 0 Å². The van der Waals surface area contributed by atoms with Gasteiger partial charge in [0.2, 0.25) is 11.8 Å². The van der Waals surface area contributed by atoms with Crippen LogP contribution in [0, 0.1) is 6.92 Å². The summed E-state index contributed by atoms with van der Waals surface area (Å²) >= 11 is 0. The number of hydrogen-bond donors (Lipinski definition) is 3. The lowest BCUT2D eigenvalue weighted by Gasteiger charge is -2.19. The van der Waals surface area contributed by atoms with E-state index in [0.717, 1.165) is 51.0 Å². The van der Waals surface area contributed by atoms with E-state index in [2.05, 4.69) is 31.0 Å². The number of methoxy groups -OCH3 is 1. The Morgan fingerprint density at radius 2 is 1.47 bits per heavy atom. The number of ether oxygens (including phenoxy) is 6. The molecule has 0 aliphatic rings. The van der Waals surface area contributed by atoms with Gasteiger partial charge in [-0.2, -0.15) is 0 Å². The number of amides is 2. The Hall–Kier alpha value is -5.77. The Morgan fingerprint density at radius 3 is 2.15 bits per heavy atom. The predicted octanol–water partition coefficient (Wildman–Crippen LogP) is 6.08. The van der Waals surface area contributed by atoms with E-state index < -0.39 is 17.9 Å². The van der Waals surface area contributed by atoms with Crippen molar-refractivity contribution in [2.75, 3.05) is 91.5 Å². The first kappa shape index (κ1) is 45.9. The Morgan fingerprint density at radius 1 is 0.797 bits per heavy atom. The number of anilines is 1. The number of aryl methyl sites for hydroxylation is 1. The molecule has 2 amide bonds. The molecule has 1 heterocycles. The number of benzene rings is 3. The maximum Gasteiger partial charge on any atom is 0.307 e. The van der Waals surface area contributed by atoms with Gasteiger partial charge in [0.15, 0.2) is 0 Å². The van der Waals surface area contributed by atoms with Crippen LogP contribution < -0.4 is 20.7 Å². The largest absolute Gasteiger partial charge is 0.491 e. The van der Waals surface area contributed by atoms with E-state index >= 15 is 0 Å². The summed E-state index contributed by atoms with van der Waals surface area (Å²) in [4.78, 5) is 44.6. The highest BCUT2D eigenvalue weighted by atomic mass is 16.6. The highest BCUT2D eigenvalue weighted by molar-refractivity contribution is 6.00. The summed E-state index contributed by atoms with van der Waals surface area (Å²) in [5.74, 6) is 0.430. The second-order valence-corrected chi connectivity index (χ2v) is 13.3. The fraction of sp³-hybridized carbons (Fsp3) is 0.442. The maximum atomic E-state index is 12.9. The van der Waals surface area contributed by atoms with E-state index in [1.54, 1.807) is 6.20 Å². The molecule has 3 aromatic carbocycles. The smallest absolute Gasteiger partial charge is 0.307 e. The molecule has 0 saturated carbocycles. The van der Waals surface area contributed by atoms with Gasteiger partial charge in [-0.05, 0) is 71.1 Å². The molecule has 0 radical (unpaired) electrons. The lowest BCUT2D eigenvalue weighted by atomic mass is 9.95. The van der Waals surface area contributed by atoms with Gasteiger partial charge in [0.1, 0.15) is 18.2 Å². The molecule has 4 rings (SSSR count). The number of carbonyl (C=O) groups is 3. The third-order valence-electron chi connectivity index (χ3n) is 8.94. The van der Waals surface area contributed by atoms with Crippen molar-refractivity contribution in [3.8, 4) is 16.9 Å². The zero-order valence-electron chi connectivity index (χ0n) is 33.9. The van der Waals surface area contributed by atoms with Crippen LogP contribution in [0.3, 0.4) is 0 Å². The zero-order valence-corrected chi connectivity index (χ0v) is 33.9. The minimum Gasteiger partial charge on any atom is -0.491 e. The van der Waals surface area contributed by atoms with Gasteiger partial charge >= 0.3 is 5.97 Å². The minimum absolute atomic E-state index is 0.0704. The van der Waals surface area contributed by atoms with Crippen LogP contribution in [0.4, 0.5) is 5.82 Å². The summed E-state index contributed by atoms with van der Waals surface area (Å²) in [6, 6.07) is 22.8. The standard InChI is InChI=1S/C43H55N7O9/c1-32-16-18-46-40(29-32)45-17-6-5-9-41(51)47-31-42(52)49-38(30-43(53)54-2)34-12-10-33(11-13-34)35-14-15-39(37-8-4-3-7-36(35)37)59-28-27-58-26-25-57-24-23-56-22-21-55-20-19-48-50-44/h3-4,7-8,10-16,18,29,38H,5-6,9,17,19-28,30-31H2,1-2H3,(H,45,46)(H,47,51)(H,49,52)/t38-/m0/s1. The lowest BCUT2D eigenvalue weighted by molar-refractivity contribution is -0.141. The van der Waals surface area contributed by atoms with Crippen LogP contribution in [0.1, 0.15) is 42.9 Å². The summed E-state index contributed by atoms with van der Waals surface area (Å²) in [7, 11) is 1.30. The monoisotopic (exact) mass is 813 g/mol. The Bertz CT molecular complexity index is 1940. The summed E-state index contributed by atoms with van der Waals surface area (Å²) in [5.41, 5.74) is 12.0. The van der Waals surface area contributed by atoms with Gasteiger partial charge in [0.25, 0.3) is 0 Å². The summed E-state index contributed by atoms with van der Waals surface area (Å²) in [5, 5.41) is 14.2. The second-order valence-electron chi connectivity index (χ2n) is 13.3. The van der Waals surface area contributed by atoms with Crippen molar-refractivity contribution in [1.29, 1.82) is 0 Å². The van der Waals surface area contributed by atoms with Crippen molar-refractivity contribution in [3.63, 3.8) is 0 Å². The molecule has 1 aromatic heterocycles. The van der Waals surface area contributed by atoms with E-state index in [0.29, 0.717) is 79.0 Å². The number of rotatable bonds is 29. The first-order chi connectivity index (χ1) is 28.9. The van der Waals surface area contributed by atoms with Crippen molar-refractivity contribution in [3.05, 3.63) is 101 Å². The van der Waals surface area contributed by atoms with Gasteiger partial charge in [0, 0.05) is 36.0 Å². The third-order valence-corrected chi connectivity index (χ3v) is 8.94. The Labute approximate surface area is 344 Å². The van der Waals surface area contributed by atoms with Crippen molar-refractivity contribution in [1.82, 2.24) is 15.6 Å². The molecule has 0 aliphatic carbocycles. The molecule has 0 aliphatic heterocycles. The van der Waals surface area contributed by atoms with E-state index in [1.807, 2.05) is 79.7 Å². The number of nitrogens with zero attached hydrogens (tertiary/aromatic N) is 4. The number of azide groups is 1. The summed E-state index contributed by atoms with van der Waals surface area (Å²) in [6.45, 7) is 6.52. The average molecular weight is 814 g/mol. The number of unbranched alkanes of at least 4 members (excludes halogenated alkanes) is 1. The van der Waals surface area contributed by atoms with Crippen molar-refractivity contribution in [2.24, 2.45) is 5.11 Å². The Balaban J connectivity index is 1.20. The molecule has 0 saturated heterocycles. The molecule has 316 valence electrons. The van der Waals surface area contributed by atoms with Crippen molar-refractivity contribution in [2.45, 2.75) is 38.6 Å². The number of esters is 1.